The molecule has 0 atom stereocenters. The molecule has 0 aromatic carbocycles. The highest BCUT2D eigenvalue weighted by atomic mass is 19.4. The van der Waals surface area contributed by atoms with E-state index >= 15 is 0 Å². The first-order chi connectivity index (χ1) is 6.97. The van der Waals surface area contributed by atoms with Crippen LogP contribution < -0.4 is 0 Å². The van der Waals surface area contributed by atoms with Crippen molar-refractivity contribution in [3.8, 4) is 0 Å². The van der Waals surface area contributed by atoms with Crippen molar-refractivity contribution in [3.05, 3.63) is 17.5 Å². The summed E-state index contributed by atoms with van der Waals surface area (Å²) in [4.78, 5) is 1.95. The zero-order valence-corrected chi connectivity index (χ0v) is 8.64. The molecule has 0 aliphatic carbocycles. The van der Waals surface area contributed by atoms with E-state index in [4.69, 9.17) is 0 Å². The van der Waals surface area contributed by atoms with Gasteiger partial charge in [-0.05, 0) is 13.1 Å². The number of nitrogens with zero attached hydrogens (tertiary/aromatic N) is 2. The second-order valence-electron chi connectivity index (χ2n) is 3.14. The molecule has 0 fully saturated rings. The molecule has 6 heteroatoms. The Hall–Kier alpha value is -1.04. The van der Waals surface area contributed by atoms with Gasteiger partial charge in [0.2, 0.25) is 0 Å². The van der Waals surface area contributed by atoms with Gasteiger partial charge in [0.1, 0.15) is 0 Å². The number of hydrogen-bond acceptors (Lipinski definition) is 3. The number of alkyl halides is 3. The van der Waals surface area contributed by atoms with E-state index in [0.29, 0.717) is 6.54 Å². The fourth-order valence-electron chi connectivity index (χ4n) is 1.19. The standard InChI is InChI=1S/C9H13F3N2O/c1-3-14(4-2)6-7-5-8(13-15-7)9(10,11)12/h5H,3-4,6H2,1-2H3. The summed E-state index contributed by atoms with van der Waals surface area (Å²) in [6, 6.07) is 0.943. The first-order valence-corrected chi connectivity index (χ1v) is 4.72. The minimum Gasteiger partial charge on any atom is -0.359 e. The van der Waals surface area contributed by atoms with E-state index in [1.54, 1.807) is 0 Å². The van der Waals surface area contributed by atoms with Crippen molar-refractivity contribution >= 4 is 0 Å². The molecule has 1 aromatic rings. The summed E-state index contributed by atoms with van der Waals surface area (Å²) in [5, 5.41) is 2.98. The normalized spacial score (nSPS) is 12.4. The summed E-state index contributed by atoms with van der Waals surface area (Å²) in [5.41, 5.74) is -0.968. The Balaban J connectivity index is 2.68. The van der Waals surface area contributed by atoms with E-state index in [9.17, 15) is 13.2 Å². The van der Waals surface area contributed by atoms with Crippen LogP contribution in [0.1, 0.15) is 25.3 Å². The van der Waals surface area contributed by atoms with E-state index in [1.807, 2.05) is 18.7 Å². The Morgan fingerprint density at radius 1 is 1.33 bits per heavy atom. The van der Waals surface area contributed by atoms with Crippen molar-refractivity contribution in [2.24, 2.45) is 0 Å². The van der Waals surface area contributed by atoms with Crippen LogP contribution in [0.4, 0.5) is 13.2 Å². The maximum atomic E-state index is 12.2. The number of aromatic nitrogens is 1. The molecule has 1 heterocycles. The van der Waals surface area contributed by atoms with Gasteiger partial charge in [-0.1, -0.05) is 19.0 Å². The highest BCUT2D eigenvalue weighted by molar-refractivity contribution is 5.08. The maximum absolute atomic E-state index is 12.2. The third-order valence-corrected chi connectivity index (χ3v) is 2.12. The first kappa shape index (κ1) is 12.0. The van der Waals surface area contributed by atoms with Crippen LogP contribution in [-0.4, -0.2) is 23.1 Å². The van der Waals surface area contributed by atoms with Gasteiger partial charge in [-0.2, -0.15) is 13.2 Å². The van der Waals surface area contributed by atoms with Crippen molar-refractivity contribution in [3.63, 3.8) is 0 Å². The average Bonchev–Trinajstić information content (AvgIpc) is 2.61. The second-order valence-corrected chi connectivity index (χ2v) is 3.14. The van der Waals surface area contributed by atoms with E-state index < -0.39 is 11.9 Å². The van der Waals surface area contributed by atoms with Crippen LogP contribution >= 0.6 is 0 Å². The highest BCUT2D eigenvalue weighted by Crippen LogP contribution is 2.28. The lowest BCUT2D eigenvalue weighted by Gasteiger charge is -2.15. The number of halogens is 3. The van der Waals surface area contributed by atoms with Crippen molar-refractivity contribution in [1.29, 1.82) is 0 Å². The Bertz CT molecular complexity index is 305. The molecule has 15 heavy (non-hydrogen) atoms. The Morgan fingerprint density at radius 3 is 2.33 bits per heavy atom. The molecule has 0 bridgehead atoms. The molecule has 0 saturated carbocycles. The van der Waals surface area contributed by atoms with Crippen molar-refractivity contribution in [2.75, 3.05) is 13.1 Å². The van der Waals surface area contributed by atoms with Crippen LogP contribution in [0.15, 0.2) is 10.6 Å². The number of rotatable bonds is 4. The summed E-state index contributed by atoms with van der Waals surface area (Å²) < 4.78 is 41.1. The zero-order chi connectivity index (χ0) is 11.5. The topological polar surface area (TPSA) is 29.3 Å². The predicted molar refractivity (Wildman–Crippen MR) is 48.1 cm³/mol. The lowest BCUT2D eigenvalue weighted by atomic mass is 10.3. The predicted octanol–water partition coefficient (Wildman–Crippen LogP) is 2.54. The third kappa shape index (κ3) is 3.23. The Labute approximate surface area is 85.8 Å². The molecular weight excluding hydrogens is 209 g/mol. The van der Waals surface area contributed by atoms with Crippen LogP contribution in [0, 0.1) is 0 Å². The first-order valence-electron chi connectivity index (χ1n) is 4.72. The molecule has 1 aromatic heterocycles. The smallest absolute Gasteiger partial charge is 0.359 e. The van der Waals surface area contributed by atoms with Gasteiger partial charge in [-0.25, -0.2) is 0 Å². The largest absolute Gasteiger partial charge is 0.436 e. The van der Waals surface area contributed by atoms with Gasteiger partial charge in [-0.15, -0.1) is 0 Å². The highest BCUT2D eigenvalue weighted by Gasteiger charge is 2.34. The van der Waals surface area contributed by atoms with Gasteiger partial charge in [0, 0.05) is 6.07 Å². The minimum absolute atomic E-state index is 0.242. The molecule has 0 aliphatic heterocycles. The quantitative estimate of drug-likeness (QED) is 0.783. The molecule has 0 N–H and O–H groups in total. The Kier molecular flexibility index (Phi) is 3.73. The molecule has 0 spiro atoms. The van der Waals surface area contributed by atoms with Gasteiger partial charge in [-0.3, -0.25) is 4.90 Å². The molecule has 1 rings (SSSR count). The summed E-state index contributed by atoms with van der Waals surface area (Å²) >= 11 is 0. The van der Waals surface area contributed by atoms with Crippen LogP contribution in [-0.2, 0) is 12.7 Å². The van der Waals surface area contributed by atoms with Crippen LogP contribution in [0.25, 0.3) is 0 Å². The number of hydrogen-bond donors (Lipinski definition) is 0. The molecular formula is C9H13F3N2O. The van der Waals surface area contributed by atoms with Gasteiger partial charge in [0.05, 0.1) is 6.54 Å². The molecule has 3 nitrogen and oxygen atoms in total. The summed E-state index contributed by atoms with van der Waals surface area (Å²) in [5.74, 6) is 0.242. The fourth-order valence-corrected chi connectivity index (χ4v) is 1.19. The van der Waals surface area contributed by atoms with E-state index in [-0.39, 0.29) is 5.76 Å². The van der Waals surface area contributed by atoms with Crippen molar-refractivity contribution < 1.29 is 17.7 Å². The molecule has 0 saturated heterocycles. The van der Waals surface area contributed by atoms with Gasteiger partial charge in [0.15, 0.2) is 11.5 Å². The van der Waals surface area contributed by atoms with Gasteiger partial charge >= 0.3 is 6.18 Å². The summed E-state index contributed by atoms with van der Waals surface area (Å²) in [6.45, 7) is 5.75. The van der Waals surface area contributed by atoms with E-state index in [0.717, 1.165) is 19.2 Å². The average molecular weight is 222 g/mol. The molecule has 0 unspecified atom stereocenters. The Morgan fingerprint density at radius 2 is 1.93 bits per heavy atom. The third-order valence-electron chi connectivity index (χ3n) is 2.12. The molecule has 0 amide bonds. The lowest BCUT2D eigenvalue weighted by molar-refractivity contribution is -0.142. The van der Waals surface area contributed by atoms with Gasteiger partial charge < -0.3 is 4.52 Å². The van der Waals surface area contributed by atoms with Crippen molar-refractivity contribution in [2.45, 2.75) is 26.6 Å². The zero-order valence-electron chi connectivity index (χ0n) is 8.64. The summed E-state index contributed by atoms with van der Waals surface area (Å²) in [6.07, 6.45) is -4.43. The fraction of sp³-hybridized carbons (Fsp3) is 0.667. The van der Waals surface area contributed by atoms with Crippen LogP contribution in [0.3, 0.4) is 0 Å². The second kappa shape index (κ2) is 4.65. The van der Waals surface area contributed by atoms with E-state index in [2.05, 4.69) is 9.68 Å². The summed E-state index contributed by atoms with van der Waals surface area (Å²) in [7, 11) is 0. The van der Waals surface area contributed by atoms with Crippen LogP contribution in [0.5, 0.6) is 0 Å². The SMILES string of the molecule is CCN(CC)Cc1cc(C(F)(F)F)no1. The maximum Gasteiger partial charge on any atom is 0.436 e. The van der Waals surface area contributed by atoms with Gasteiger partial charge in [0.25, 0.3) is 0 Å². The van der Waals surface area contributed by atoms with Crippen LogP contribution in [0.2, 0.25) is 0 Å². The molecule has 86 valence electrons. The molecule has 0 radical (unpaired) electrons. The van der Waals surface area contributed by atoms with Crippen molar-refractivity contribution in [1.82, 2.24) is 10.1 Å². The monoisotopic (exact) mass is 222 g/mol. The van der Waals surface area contributed by atoms with E-state index in [1.165, 1.54) is 0 Å². The minimum atomic E-state index is -4.43. The molecule has 0 aliphatic rings. The lowest BCUT2D eigenvalue weighted by Crippen LogP contribution is -2.21.